The predicted octanol–water partition coefficient (Wildman–Crippen LogP) is -0.166. The van der Waals surface area contributed by atoms with Crippen molar-refractivity contribution in [2.45, 2.75) is 109 Å². The lowest BCUT2D eigenvalue weighted by molar-refractivity contribution is -0.347. The lowest BCUT2D eigenvalue weighted by atomic mass is 9.87. The summed E-state index contributed by atoms with van der Waals surface area (Å²) in [5.74, 6) is -1.16. The third-order valence-electron chi connectivity index (χ3n) is 8.88. The molecule has 1 fully saturated rings. The highest BCUT2D eigenvalue weighted by Gasteiger charge is 2.47. The number of aromatic nitrogens is 4. The highest BCUT2D eigenvalue weighted by atomic mass is 32.2. The first-order valence-corrected chi connectivity index (χ1v) is 24.5. The Morgan fingerprint density at radius 2 is 1.67 bits per heavy atom. The summed E-state index contributed by atoms with van der Waals surface area (Å²) in [5, 5.41) is 26.4. The van der Waals surface area contributed by atoms with Crippen LogP contribution < -0.4 is 35.9 Å². The number of aliphatic hydroxyl groups excluding tert-OH is 2. The number of phosphoric ester groups is 3. The number of nitrogen functional groups attached to an aromatic ring is 1. The number of thioether (sulfide) groups is 1. The molecule has 28 heteroatoms. The van der Waals surface area contributed by atoms with Crippen LogP contribution in [-0.4, -0.2) is 103 Å². The molecule has 1 aliphatic rings. The van der Waals surface area contributed by atoms with E-state index in [0.29, 0.717) is 12.2 Å². The van der Waals surface area contributed by atoms with Crippen LogP contribution in [0.1, 0.15) is 84.8 Å². The van der Waals surface area contributed by atoms with Gasteiger partial charge in [-0.2, -0.15) is 0 Å². The predicted molar refractivity (Wildman–Crippen MR) is 210 cm³/mol. The number of hydrogen-bond acceptors (Lipinski definition) is 22. The van der Waals surface area contributed by atoms with E-state index in [0.717, 1.165) is 54.7 Å². The number of rotatable bonds is 28. The Bertz CT molecular complexity index is 1940. The van der Waals surface area contributed by atoms with Crippen LogP contribution in [0, 0.1) is 5.41 Å². The van der Waals surface area contributed by atoms with Gasteiger partial charge in [0.05, 0.1) is 27.4 Å². The van der Waals surface area contributed by atoms with Gasteiger partial charge in [0, 0.05) is 37.1 Å². The standard InChI is InChI=1S/C33H56N7O17P3S/c1-4-5-6-7-8-9-10-11-12-13-24(42)61-17-16-35-23(41)14-15-36-31(45)28(44)33(2,3)19-54-60(51,52)57-59(49,50)53-18-22-27(56-58(46,47)48)26(43)32(55-22)40-21-39-25-29(34)37-20-38-30(25)40/h8-9,20-22,26-28,32,43-44H,4-7,10-19H2,1-3H3,(H,35,41)(H,36,45)(H,49,50)(H,51,52)(H2,34,37,38)(H2,46,47,48)/p-4/b9-8-/t22-,26-,27-,28+,32-/m1/s1. The molecule has 2 amide bonds. The molecule has 1 saturated heterocycles. The number of fused-ring (bicyclic) bond motifs is 1. The molecule has 1 aliphatic heterocycles. The van der Waals surface area contributed by atoms with E-state index < -0.39 is 84.6 Å². The lowest BCUT2D eigenvalue weighted by Crippen LogP contribution is -2.46. The van der Waals surface area contributed by atoms with Gasteiger partial charge in [-0.1, -0.05) is 57.5 Å². The summed E-state index contributed by atoms with van der Waals surface area (Å²) in [6.45, 7) is 2.31. The number of carbonyl (C=O) groups is 3. The van der Waals surface area contributed by atoms with Crippen LogP contribution in [0.15, 0.2) is 24.8 Å². The van der Waals surface area contributed by atoms with Crippen molar-refractivity contribution >= 4 is 69.1 Å². The van der Waals surface area contributed by atoms with Gasteiger partial charge in [-0.25, -0.2) is 19.3 Å². The zero-order chi connectivity index (χ0) is 45.4. The van der Waals surface area contributed by atoms with Crippen LogP contribution in [-0.2, 0) is 50.7 Å². The molecule has 61 heavy (non-hydrogen) atoms. The van der Waals surface area contributed by atoms with Crippen LogP contribution in [0.2, 0.25) is 0 Å². The Morgan fingerprint density at radius 3 is 2.34 bits per heavy atom. The van der Waals surface area contributed by atoms with Gasteiger partial charge in [0.2, 0.25) is 11.8 Å². The highest BCUT2D eigenvalue weighted by Crippen LogP contribution is 2.56. The zero-order valence-corrected chi connectivity index (χ0v) is 37.2. The van der Waals surface area contributed by atoms with Crippen molar-refractivity contribution in [2.24, 2.45) is 5.41 Å². The van der Waals surface area contributed by atoms with Gasteiger partial charge in [0.1, 0.15) is 36.3 Å². The molecule has 7 atom stereocenters. The molecule has 0 aliphatic carbocycles. The van der Waals surface area contributed by atoms with Gasteiger partial charge in [0.25, 0.3) is 15.6 Å². The maximum Gasteiger partial charge on any atom is 0.274 e. The second-order valence-corrected chi connectivity index (χ2v) is 19.6. The monoisotopic (exact) mass is 943 g/mol. The van der Waals surface area contributed by atoms with Crippen molar-refractivity contribution in [1.82, 2.24) is 30.2 Å². The van der Waals surface area contributed by atoms with Gasteiger partial charge in [0.15, 0.2) is 22.8 Å². The number of nitrogens with zero attached hydrogens (tertiary/aromatic N) is 4. The number of aliphatic hydroxyl groups is 2. The number of allylic oxidation sites excluding steroid dienone is 2. The summed E-state index contributed by atoms with van der Waals surface area (Å²) in [6.07, 6.45) is 4.48. The topological polar surface area (TPSA) is 375 Å². The fraction of sp³-hybridized carbons (Fsp3) is 0.697. The van der Waals surface area contributed by atoms with Crippen LogP contribution >= 0.6 is 35.2 Å². The molecule has 3 rings (SSSR count). The van der Waals surface area contributed by atoms with Gasteiger partial charge in [-0.15, -0.1) is 0 Å². The average molecular weight is 944 g/mol. The maximum atomic E-state index is 12.6. The summed E-state index contributed by atoms with van der Waals surface area (Å²) in [5.41, 5.74) is 4.08. The Hall–Kier alpha value is -2.70. The summed E-state index contributed by atoms with van der Waals surface area (Å²) >= 11 is 1.12. The molecule has 6 N–H and O–H groups in total. The minimum Gasteiger partial charge on any atom is -0.790 e. The first-order valence-electron chi connectivity index (χ1n) is 19.2. The Morgan fingerprint density at radius 1 is 1.00 bits per heavy atom. The fourth-order valence-corrected chi connectivity index (χ4v) is 9.08. The molecule has 2 unspecified atom stereocenters. The quantitative estimate of drug-likeness (QED) is 0.0420. The average Bonchev–Trinajstić information content (AvgIpc) is 3.73. The molecular weight excluding hydrogens is 891 g/mol. The summed E-state index contributed by atoms with van der Waals surface area (Å²) in [7, 11) is -17.6. The van der Waals surface area contributed by atoms with E-state index in [1.807, 2.05) is 0 Å². The molecule has 0 aromatic carbocycles. The Kier molecular flexibility index (Phi) is 21.0. The van der Waals surface area contributed by atoms with Crippen molar-refractivity contribution in [3.8, 4) is 0 Å². The molecule has 346 valence electrons. The van der Waals surface area contributed by atoms with Crippen molar-refractivity contribution in [1.29, 1.82) is 0 Å². The minimum atomic E-state index is -5.92. The molecule has 0 saturated carbocycles. The van der Waals surface area contributed by atoms with E-state index in [1.165, 1.54) is 33.1 Å². The number of carbonyl (C=O) groups excluding carboxylic acids is 3. The fourth-order valence-electron chi connectivity index (χ4n) is 5.62. The van der Waals surface area contributed by atoms with Crippen LogP contribution in [0.4, 0.5) is 5.82 Å². The lowest BCUT2D eigenvalue weighted by Gasteiger charge is -2.36. The molecule has 2 aromatic rings. The normalized spacial score (nSPS) is 21.0. The number of ether oxygens (including phenoxy) is 1. The van der Waals surface area contributed by atoms with E-state index in [2.05, 4.69) is 62.5 Å². The van der Waals surface area contributed by atoms with E-state index in [9.17, 15) is 57.9 Å². The van der Waals surface area contributed by atoms with Crippen molar-refractivity contribution in [3.05, 3.63) is 24.8 Å². The van der Waals surface area contributed by atoms with Crippen molar-refractivity contribution in [2.75, 3.05) is 37.8 Å². The zero-order valence-electron chi connectivity index (χ0n) is 33.7. The van der Waals surface area contributed by atoms with E-state index in [4.69, 9.17) is 10.5 Å². The van der Waals surface area contributed by atoms with E-state index >= 15 is 0 Å². The SMILES string of the molecule is CCCCC/C=C\CCCCC(=O)SCCNC(=O)CCNC(=O)[C@H](O)C(C)(C)COP(=O)([O-])OP(=O)([O-])OC[C@H]1O[C@@H](n2cnc3c(N)ncnc32)[C@H](O)[C@@H]1OP(=O)([O-])[O-]. The van der Waals surface area contributed by atoms with Crippen molar-refractivity contribution < 1.29 is 80.5 Å². The Balaban J connectivity index is 1.39. The molecule has 3 heterocycles. The number of nitrogens with one attached hydrogen (secondary N) is 2. The highest BCUT2D eigenvalue weighted by molar-refractivity contribution is 8.13. The van der Waals surface area contributed by atoms with E-state index in [1.54, 1.807) is 0 Å². The second-order valence-electron chi connectivity index (χ2n) is 14.4. The minimum absolute atomic E-state index is 0.0198. The molecule has 2 aromatic heterocycles. The molecule has 0 bridgehead atoms. The van der Waals surface area contributed by atoms with Crippen LogP contribution in [0.5, 0.6) is 0 Å². The number of nitrogens with two attached hydrogens (primary N) is 1. The van der Waals surface area contributed by atoms with Gasteiger partial charge >= 0.3 is 0 Å². The number of amides is 2. The maximum absolute atomic E-state index is 12.6. The third-order valence-corrected chi connectivity index (χ3v) is 12.8. The number of anilines is 1. The number of phosphoric acid groups is 3. The second kappa shape index (κ2) is 24.4. The number of imidazole rings is 1. The Labute approximate surface area is 356 Å². The molecular formula is C33H52N7O17P3S-4. The van der Waals surface area contributed by atoms with Gasteiger partial charge in [-0.05, 0) is 32.1 Å². The summed E-state index contributed by atoms with van der Waals surface area (Å²) < 4.78 is 60.7. The first-order chi connectivity index (χ1) is 28.6. The molecule has 24 nitrogen and oxygen atoms in total. The summed E-state index contributed by atoms with van der Waals surface area (Å²) in [6, 6.07) is 0. The van der Waals surface area contributed by atoms with Gasteiger partial charge in [-0.3, -0.25) is 28.1 Å². The summed E-state index contributed by atoms with van der Waals surface area (Å²) in [4.78, 5) is 96.4. The largest absolute Gasteiger partial charge is 0.790 e. The third kappa shape index (κ3) is 18.1. The number of hydrogen-bond donors (Lipinski definition) is 5. The van der Waals surface area contributed by atoms with Gasteiger partial charge < -0.3 is 69.0 Å². The van der Waals surface area contributed by atoms with Crippen LogP contribution in [0.25, 0.3) is 11.2 Å². The smallest absolute Gasteiger partial charge is 0.274 e. The molecule has 0 radical (unpaired) electrons. The first kappa shape index (κ1) is 52.6. The van der Waals surface area contributed by atoms with E-state index in [-0.39, 0.29) is 41.6 Å². The molecule has 0 spiro atoms. The van der Waals surface area contributed by atoms with Crippen molar-refractivity contribution in [3.63, 3.8) is 0 Å². The number of unbranched alkanes of at least 4 members (excludes halogenated alkanes) is 5. The van der Waals surface area contributed by atoms with Crippen LogP contribution in [0.3, 0.4) is 0 Å².